The van der Waals surface area contributed by atoms with Crippen LogP contribution in [0.3, 0.4) is 0 Å². The van der Waals surface area contributed by atoms with Gasteiger partial charge < -0.3 is 5.32 Å². The van der Waals surface area contributed by atoms with Crippen LogP contribution in [0, 0.1) is 5.82 Å². The van der Waals surface area contributed by atoms with Gasteiger partial charge in [0.05, 0.1) is 16.8 Å². The van der Waals surface area contributed by atoms with E-state index in [4.69, 9.17) is 0 Å². The Morgan fingerprint density at radius 3 is 3.10 bits per heavy atom. The molecule has 2 aromatic rings. The van der Waals surface area contributed by atoms with Gasteiger partial charge in [-0.1, -0.05) is 0 Å². The molecule has 1 N–H and O–H groups in total. The lowest BCUT2D eigenvalue weighted by atomic mass is 10.1. The summed E-state index contributed by atoms with van der Waals surface area (Å²) in [6.45, 7) is 3.08. The van der Waals surface area contributed by atoms with Crippen molar-refractivity contribution in [3.8, 4) is 0 Å². The molecule has 0 aliphatic carbocycles. The second-order valence-corrected chi connectivity index (χ2v) is 6.58. The zero-order valence-electron chi connectivity index (χ0n) is 12.1. The van der Waals surface area contributed by atoms with Crippen LogP contribution < -0.4 is 5.32 Å². The number of hydrogen-bond donors (Lipinski definition) is 1. The van der Waals surface area contributed by atoms with Crippen LogP contribution in [0.5, 0.6) is 0 Å². The minimum Gasteiger partial charge on any atom is -0.317 e. The molecule has 21 heavy (non-hydrogen) atoms. The van der Waals surface area contributed by atoms with Crippen LogP contribution in [0.15, 0.2) is 18.2 Å². The van der Waals surface area contributed by atoms with Crippen LogP contribution in [-0.4, -0.2) is 36.1 Å². The Hall–Kier alpha value is -0.750. The number of hydrogen-bond acceptors (Lipinski definition) is 4. The van der Waals surface area contributed by atoms with Crippen molar-refractivity contribution in [2.45, 2.75) is 31.8 Å². The molecule has 0 bridgehead atoms. The van der Waals surface area contributed by atoms with Gasteiger partial charge in [0.1, 0.15) is 10.8 Å². The Morgan fingerprint density at radius 1 is 1.38 bits per heavy atom. The molecule has 2 heterocycles. The van der Waals surface area contributed by atoms with Gasteiger partial charge >= 0.3 is 0 Å². The Kier molecular flexibility index (Phi) is 5.93. The molecule has 3 nitrogen and oxygen atoms in total. The normalized spacial score (nSPS) is 19.5. The van der Waals surface area contributed by atoms with E-state index < -0.39 is 0 Å². The number of aromatic nitrogens is 1. The van der Waals surface area contributed by atoms with E-state index in [1.54, 1.807) is 23.5 Å². The number of fused-ring (bicyclic) bond motifs is 1. The molecule has 116 valence electrons. The molecule has 1 atom stereocenters. The highest BCUT2D eigenvalue weighted by molar-refractivity contribution is 7.18. The number of nitrogens with zero attached hydrogens (tertiary/aromatic N) is 2. The molecule has 1 aliphatic heterocycles. The van der Waals surface area contributed by atoms with Crippen molar-refractivity contribution in [3.05, 3.63) is 29.0 Å². The summed E-state index contributed by atoms with van der Waals surface area (Å²) in [6, 6.07) is 5.44. The van der Waals surface area contributed by atoms with Crippen LogP contribution in [-0.2, 0) is 6.54 Å². The zero-order valence-corrected chi connectivity index (χ0v) is 13.8. The minimum atomic E-state index is -0.184. The molecule has 1 unspecified atom stereocenters. The Labute approximate surface area is 135 Å². The summed E-state index contributed by atoms with van der Waals surface area (Å²) >= 11 is 1.60. The van der Waals surface area contributed by atoms with E-state index in [9.17, 15) is 4.39 Å². The van der Waals surface area contributed by atoms with Crippen LogP contribution in [0.25, 0.3) is 10.2 Å². The molecule has 3 rings (SSSR count). The minimum absolute atomic E-state index is 0. The van der Waals surface area contributed by atoms with E-state index in [2.05, 4.69) is 22.2 Å². The zero-order chi connectivity index (χ0) is 13.9. The lowest BCUT2D eigenvalue weighted by Gasteiger charge is -2.25. The fraction of sp³-hybridized carbons (Fsp3) is 0.533. The molecule has 0 spiro atoms. The van der Waals surface area contributed by atoms with Crippen LogP contribution >= 0.6 is 23.7 Å². The van der Waals surface area contributed by atoms with Crippen molar-refractivity contribution in [2.24, 2.45) is 0 Å². The van der Waals surface area contributed by atoms with Gasteiger partial charge in [-0.05, 0) is 57.6 Å². The summed E-state index contributed by atoms with van der Waals surface area (Å²) in [6.07, 6.45) is 3.67. The number of halogens is 2. The molecule has 1 aromatic heterocycles. The third-order valence-electron chi connectivity index (χ3n) is 3.95. The van der Waals surface area contributed by atoms with E-state index in [0.29, 0.717) is 6.04 Å². The number of rotatable bonds is 3. The number of benzene rings is 1. The standard InChI is InChI=1S/C15H20FN3S.ClH/c1-19(12-3-2-7-17-8-6-12)10-15-18-13-5-4-11(16)9-14(13)20-15;/h4-5,9,12,17H,2-3,6-8,10H2,1H3;1H. The first-order chi connectivity index (χ1) is 9.72. The molecule has 0 amide bonds. The predicted molar refractivity (Wildman–Crippen MR) is 88.8 cm³/mol. The van der Waals surface area contributed by atoms with Crippen molar-refractivity contribution in [3.63, 3.8) is 0 Å². The molecule has 1 fully saturated rings. The van der Waals surface area contributed by atoms with Gasteiger partial charge in [0, 0.05) is 6.04 Å². The first-order valence-corrected chi connectivity index (χ1v) is 8.00. The van der Waals surface area contributed by atoms with Crippen molar-refractivity contribution < 1.29 is 4.39 Å². The first kappa shape index (κ1) is 16.6. The van der Waals surface area contributed by atoms with Gasteiger partial charge in [0.25, 0.3) is 0 Å². The monoisotopic (exact) mass is 329 g/mol. The third kappa shape index (κ3) is 4.13. The van der Waals surface area contributed by atoms with E-state index in [0.717, 1.165) is 34.9 Å². The third-order valence-corrected chi connectivity index (χ3v) is 4.95. The Bertz CT molecular complexity index is 581. The summed E-state index contributed by atoms with van der Waals surface area (Å²) < 4.78 is 14.1. The SMILES string of the molecule is CN(Cc1nc2ccc(F)cc2s1)C1CCCNCC1.Cl. The van der Waals surface area contributed by atoms with E-state index in [1.165, 1.54) is 25.3 Å². The summed E-state index contributed by atoms with van der Waals surface area (Å²) in [5.74, 6) is -0.184. The van der Waals surface area contributed by atoms with E-state index in [1.807, 2.05) is 0 Å². The van der Waals surface area contributed by atoms with Crippen molar-refractivity contribution in [1.29, 1.82) is 0 Å². The van der Waals surface area contributed by atoms with Gasteiger partial charge in [0.2, 0.25) is 0 Å². The first-order valence-electron chi connectivity index (χ1n) is 7.18. The Morgan fingerprint density at radius 2 is 2.24 bits per heavy atom. The quantitative estimate of drug-likeness (QED) is 0.935. The van der Waals surface area contributed by atoms with Crippen LogP contribution in [0.4, 0.5) is 4.39 Å². The van der Waals surface area contributed by atoms with Gasteiger partial charge in [-0.2, -0.15) is 0 Å². The second kappa shape index (κ2) is 7.49. The van der Waals surface area contributed by atoms with Crippen molar-refractivity contribution >= 4 is 34.0 Å². The fourth-order valence-electron chi connectivity index (χ4n) is 2.80. The maximum absolute atomic E-state index is 13.2. The highest BCUT2D eigenvalue weighted by Crippen LogP contribution is 2.25. The molecule has 1 aromatic carbocycles. The summed E-state index contributed by atoms with van der Waals surface area (Å²) in [5, 5.41) is 4.52. The summed E-state index contributed by atoms with van der Waals surface area (Å²) in [5.41, 5.74) is 0.905. The van der Waals surface area contributed by atoms with E-state index >= 15 is 0 Å². The number of nitrogens with one attached hydrogen (secondary N) is 1. The molecular weight excluding hydrogens is 309 g/mol. The summed E-state index contributed by atoms with van der Waals surface area (Å²) in [4.78, 5) is 7.00. The molecule has 6 heteroatoms. The fourth-order valence-corrected chi connectivity index (χ4v) is 3.85. The molecule has 0 saturated carbocycles. The van der Waals surface area contributed by atoms with Crippen LogP contribution in [0.2, 0.25) is 0 Å². The average molecular weight is 330 g/mol. The van der Waals surface area contributed by atoms with Gasteiger partial charge in [-0.15, -0.1) is 23.7 Å². The van der Waals surface area contributed by atoms with Crippen LogP contribution in [0.1, 0.15) is 24.3 Å². The smallest absolute Gasteiger partial charge is 0.124 e. The second-order valence-electron chi connectivity index (χ2n) is 5.47. The average Bonchev–Trinajstić information content (AvgIpc) is 2.64. The summed E-state index contributed by atoms with van der Waals surface area (Å²) in [7, 11) is 2.17. The lowest BCUT2D eigenvalue weighted by molar-refractivity contribution is 0.216. The van der Waals surface area contributed by atoms with Gasteiger partial charge in [-0.3, -0.25) is 4.90 Å². The molecule has 1 aliphatic rings. The molecule has 0 radical (unpaired) electrons. The van der Waals surface area contributed by atoms with Crippen molar-refractivity contribution in [1.82, 2.24) is 15.2 Å². The van der Waals surface area contributed by atoms with Gasteiger partial charge in [0.15, 0.2) is 0 Å². The molecular formula is C15H21ClFN3S. The molecule has 1 saturated heterocycles. The van der Waals surface area contributed by atoms with Gasteiger partial charge in [-0.25, -0.2) is 9.37 Å². The maximum atomic E-state index is 13.2. The number of thiazole rings is 1. The van der Waals surface area contributed by atoms with E-state index in [-0.39, 0.29) is 18.2 Å². The maximum Gasteiger partial charge on any atom is 0.124 e. The van der Waals surface area contributed by atoms with Crippen molar-refractivity contribution in [2.75, 3.05) is 20.1 Å². The highest BCUT2D eigenvalue weighted by Gasteiger charge is 2.18. The highest BCUT2D eigenvalue weighted by atomic mass is 35.5. The Balaban J connectivity index is 0.00000161. The predicted octanol–water partition coefficient (Wildman–Crippen LogP) is 3.43. The lowest BCUT2D eigenvalue weighted by Crippen LogP contribution is -2.31. The largest absolute Gasteiger partial charge is 0.317 e. The topological polar surface area (TPSA) is 28.2 Å².